The molecule has 0 aliphatic carbocycles. The van der Waals surface area contributed by atoms with E-state index in [-0.39, 0.29) is 18.0 Å². The molecule has 0 spiro atoms. The van der Waals surface area contributed by atoms with Crippen LogP contribution in [0, 0.1) is 0 Å². The summed E-state index contributed by atoms with van der Waals surface area (Å²) in [4.78, 5) is 55.0. The van der Waals surface area contributed by atoms with Crippen LogP contribution in [0.25, 0.3) is 22.0 Å². The van der Waals surface area contributed by atoms with E-state index in [2.05, 4.69) is 10.3 Å². The Morgan fingerprint density at radius 1 is 1.06 bits per heavy atom. The number of nitrogens with one attached hydrogen (secondary N) is 2. The molecule has 2 aromatic heterocycles. The number of benzene rings is 2. The van der Waals surface area contributed by atoms with E-state index in [1.807, 2.05) is 0 Å². The van der Waals surface area contributed by atoms with E-state index in [1.165, 1.54) is 17.7 Å². The van der Waals surface area contributed by atoms with Gasteiger partial charge in [-0.2, -0.15) is 0 Å². The fraction of sp³-hybridized carbons (Fsp3) is 0.280. The number of fused-ring (bicyclic) bond motifs is 2. The van der Waals surface area contributed by atoms with Gasteiger partial charge in [0.15, 0.2) is 5.58 Å². The van der Waals surface area contributed by atoms with E-state index in [0.717, 1.165) is 19.3 Å². The number of methoxy groups -OCH3 is 1. The maximum atomic E-state index is 12.9. The number of oxazole rings is 1. The van der Waals surface area contributed by atoms with Crippen LogP contribution < -0.4 is 21.4 Å². The van der Waals surface area contributed by atoms with Gasteiger partial charge in [0, 0.05) is 29.7 Å². The smallest absolute Gasteiger partial charge is 0.420 e. The molecule has 5 rings (SSSR count). The van der Waals surface area contributed by atoms with Gasteiger partial charge in [0.1, 0.15) is 17.9 Å². The summed E-state index contributed by atoms with van der Waals surface area (Å²) in [6.45, 7) is 1.21. The molecule has 1 aliphatic heterocycles. The molecule has 10 heteroatoms. The molecule has 1 saturated heterocycles. The number of ether oxygens (including phenoxy) is 1. The van der Waals surface area contributed by atoms with Gasteiger partial charge in [-0.25, -0.2) is 4.79 Å². The minimum absolute atomic E-state index is 0.0734. The van der Waals surface area contributed by atoms with Gasteiger partial charge >= 0.3 is 5.76 Å². The number of carbonyl (C=O) groups excluding carboxylic acids is 2. The molecule has 35 heavy (non-hydrogen) atoms. The van der Waals surface area contributed by atoms with E-state index in [0.29, 0.717) is 46.5 Å². The molecule has 0 unspecified atom stereocenters. The van der Waals surface area contributed by atoms with Crippen LogP contribution in [0.5, 0.6) is 5.75 Å². The molecule has 3 heterocycles. The molecule has 0 atom stereocenters. The Balaban J connectivity index is 1.42. The van der Waals surface area contributed by atoms with Gasteiger partial charge in [-0.1, -0.05) is 0 Å². The molecule has 2 aromatic carbocycles. The van der Waals surface area contributed by atoms with Gasteiger partial charge in [0.2, 0.25) is 5.91 Å². The normalized spacial score (nSPS) is 13.8. The van der Waals surface area contributed by atoms with E-state index >= 15 is 0 Å². The number of amides is 2. The predicted octanol–water partition coefficient (Wildman–Crippen LogP) is 2.71. The molecular formula is C25H24N4O6. The van der Waals surface area contributed by atoms with Gasteiger partial charge in [0.25, 0.3) is 11.5 Å². The molecule has 1 aliphatic rings. The van der Waals surface area contributed by atoms with Crippen molar-refractivity contribution in [3.63, 3.8) is 0 Å². The van der Waals surface area contributed by atoms with Crippen molar-refractivity contribution in [2.75, 3.05) is 25.5 Å². The number of carbonyl (C=O) groups is 2. The highest BCUT2D eigenvalue weighted by Crippen LogP contribution is 2.21. The molecule has 180 valence electrons. The topological polar surface area (TPSA) is 127 Å². The summed E-state index contributed by atoms with van der Waals surface area (Å²) in [6.07, 6.45) is 2.99. The largest absolute Gasteiger partial charge is 0.497 e. The van der Waals surface area contributed by atoms with Crippen LogP contribution in [-0.4, -0.2) is 46.5 Å². The van der Waals surface area contributed by atoms with E-state index in [9.17, 15) is 19.2 Å². The Bertz CT molecular complexity index is 1560. The average molecular weight is 476 g/mol. The zero-order chi connectivity index (χ0) is 24.5. The summed E-state index contributed by atoms with van der Waals surface area (Å²) in [7, 11) is 1.53. The first-order valence-electron chi connectivity index (χ1n) is 11.4. The third-order valence-corrected chi connectivity index (χ3v) is 6.22. The number of pyridine rings is 1. The van der Waals surface area contributed by atoms with Crippen molar-refractivity contribution in [1.82, 2.24) is 14.5 Å². The van der Waals surface area contributed by atoms with E-state index in [4.69, 9.17) is 9.15 Å². The molecule has 0 radical (unpaired) electrons. The van der Waals surface area contributed by atoms with Gasteiger partial charge in [-0.05, 0) is 61.7 Å². The number of anilines is 1. The zero-order valence-corrected chi connectivity index (χ0v) is 19.1. The second kappa shape index (κ2) is 9.13. The Labute approximate surface area is 199 Å². The van der Waals surface area contributed by atoms with Crippen LogP contribution in [0.15, 0.2) is 56.5 Å². The fourth-order valence-electron chi connectivity index (χ4n) is 4.35. The zero-order valence-electron chi connectivity index (χ0n) is 19.1. The van der Waals surface area contributed by atoms with Crippen molar-refractivity contribution in [3.05, 3.63) is 68.9 Å². The number of hydrogen-bond acceptors (Lipinski definition) is 6. The van der Waals surface area contributed by atoms with Crippen molar-refractivity contribution in [3.8, 4) is 5.75 Å². The third-order valence-electron chi connectivity index (χ3n) is 6.22. The number of piperidine rings is 1. The molecule has 2 N–H and O–H groups in total. The van der Waals surface area contributed by atoms with Gasteiger partial charge in [0.05, 0.1) is 12.6 Å². The average Bonchev–Trinajstić information content (AvgIpc) is 3.17. The maximum Gasteiger partial charge on any atom is 0.420 e. The number of likely N-dealkylation sites (tertiary alicyclic amines) is 1. The Kier molecular flexibility index (Phi) is 5.86. The first-order valence-corrected chi connectivity index (χ1v) is 11.4. The summed E-state index contributed by atoms with van der Waals surface area (Å²) in [6, 6.07) is 11.3. The lowest BCUT2D eigenvalue weighted by atomic mass is 10.1. The summed E-state index contributed by atoms with van der Waals surface area (Å²) < 4.78 is 11.8. The SMILES string of the molecule is COc1ccc2[nH]c(=O)c(C(=O)Nc3ccc4oc(=O)n(CC(=O)N5CCCCC5)c4c3)cc2c1. The van der Waals surface area contributed by atoms with E-state index in [1.54, 1.807) is 41.3 Å². The quantitative estimate of drug-likeness (QED) is 0.456. The second-order valence-electron chi connectivity index (χ2n) is 8.50. The van der Waals surface area contributed by atoms with Gasteiger partial charge in [-0.15, -0.1) is 0 Å². The van der Waals surface area contributed by atoms with Crippen molar-refractivity contribution < 1.29 is 18.7 Å². The summed E-state index contributed by atoms with van der Waals surface area (Å²) >= 11 is 0. The number of hydrogen-bond donors (Lipinski definition) is 2. The monoisotopic (exact) mass is 476 g/mol. The Morgan fingerprint density at radius 3 is 2.63 bits per heavy atom. The Hall–Kier alpha value is -4.34. The predicted molar refractivity (Wildman–Crippen MR) is 130 cm³/mol. The van der Waals surface area contributed by atoms with Crippen LogP contribution in [-0.2, 0) is 11.3 Å². The second-order valence-corrected chi connectivity index (χ2v) is 8.50. The van der Waals surface area contributed by atoms with Crippen molar-refractivity contribution in [2.24, 2.45) is 0 Å². The molecule has 2 amide bonds. The lowest BCUT2D eigenvalue weighted by molar-refractivity contribution is -0.132. The summed E-state index contributed by atoms with van der Waals surface area (Å²) in [5, 5.41) is 3.34. The van der Waals surface area contributed by atoms with Crippen molar-refractivity contribution in [2.45, 2.75) is 25.8 Å². The summed E-state index contributed by atoms with van der Waals surface area (Å²) in [5.74, 6) is -0.814. The first kappa shape index (κ1) is 22.5. The highest BCUT2D eigenvalue weighted by Gasteiger charge is 2.20. The number of aromatic nitrogens is 2. The molecular weight excluding hydrogens is 452 g/mol. The highest BCUT2D eigenvalue weighted by molar-refractivity contribution is 6.06. The molecule has 1 fully saturated rings. The number of aromatic amines is 1. The van der Waals surface area contributed by atoms with Crippen molar-refractivity contribution >= 4 is 39.5 Å². The van der Waals surface area contributed by atoms with E-state index < -0.39 is 17.2 Å². The highest BCUT2D eigenvalue weighted by atomic mass is 16.5. The standard InChI is InChI=1S/C25H24N4O6/c1-34-17-6-7-19-15(11-17)12-18(24(32)27-19)23(31)26-16-5-8-21-20(13-16)29(25(33)35-21)14-22(30)28-9-3-2-4-10-28/h5-8,11-13H,2-4,9-10,14H2,1H3,(H,26,31)(H,27,32). The van der Waals surface area contributed by atoms with Gasteiger partial charge < -0.3 is 24.4 Å². The maximum absolute atomic E-state index is 12.9. The number of H-pyrrole nitrogens is 1. The lowest BCUT2D eigenvalue weighted by Gasteiger charge is -2.26. The van der Waals surface area contributed by atoms with Crippen LogP contribution in [0.1, 0.15) is 29.6 Å². The Morgan fingerprint density at radius 2 is 1.86 bits per heavy atom. The number of nitrogens with zero attached hydrogens (tertiary/aromatic N) is 2. The van der Waals surface area contributed by atoms with Crippen molar-refractivity contribution in [1.29, 1.82) is 0 Å². The molecule has 4 aromatic rings. The molecule has 0 saturated carbocycles. The first-order chi connectivity index (χ1) is 16.9. The van der Waals surface area contributed by atoms with Crippen LogP contribution in [0.4, 0.5) is 5.69 Å². The lowest BCUT2D eigenvalue weighted by Crippen LogP contribution is -2.39. The fourth-order valence-corrected chi connectivity index (χ4v) is 4.35. The minimum atomic E-state index is -0.645. The van der Waals surface area contributed by atoms with Gasteiger partial charge in [-0.3, -0.25) is 19.0 Å². The van der Waals surface area contributed by atoms with Crippen LogP contribution in [0.3, 0.4) is 0 Å². The van der Waals surface area contributed by atoms with Crippen LogP contribution >= 0.6 is 0 Å². The minimum Gasteiger partial charge on any atom is -0.497 e. The summed E-state index contributed by atoms with van der Waals surface area (Å²) in [5.41, 5.74) is 1.01. The molecule has 10 nitrogen and oxygen atoms in total. The van der Waals surface area contributed by atoms with Crippen LogP contribution in [0.2, 0.25) is 0 Å². The molecule has 0 bridgehead atoms. The third kappa shape index (κ3) is 4.42. The number of rotatable bonds is 5.